The Hall–Kier alpha value is -1.59. The van der Waals surface area contributed by atoms with E-state index in [4.69, 9.17) is 0 Å². The molecule has 1 fully saturated rings. The molecule has 2 unspecified atom stereocenters. The van der Waals surface area contributed by atoms with Crippen LogP contribution in [0.1, 0.15) is 6.42 Å². The lowest BCUT2D eigenvalue weighted by atomic mass is 10.1. The summed E-state index contributed by atoms with van der Waals surface area (Å²) < 4.78 is 0. The Morgan fingerprint density at radius 2 is 2.05 bits per heavy atom. The van der Waals surface area contributed by atoms with E-state index < -0.39 is 6.10 Å². The van der Waals surface area contributed by atoms with E-state index in [-0.39, 0.29) is 11.9 Å². The molecule has 2 N–H and O–H groups in total. The third-order valence-electron chi connectivity index (χ3n) is 3.91. The van der Waals surface area contributed by atoms with Crippen molar-refractivity contribution in [2.24, 2.45) is 0 Å². The molecule has 1 aromatic carbocycles. The topological polar surface area (TPSA) is 55.8 Å². The van der Waals surface area contributed by atoms with Gasteiger partial charge in [0.1, 0.15) is 0 Å². The Kier molecular flexibility index (Phi) is 3.16. The normalized spacial score (nSPS) is 26.4. The summed E-state index contributed by atoms with van der Waals surface area (Å²) in [6, 6.07) is 7.70. The van der Waals surface area contributed by atoms with Crippen molar-refractivity contribution in [3.05, 3.63) is 24.3 Å². The highest BCUT2D eigenvalue weighted by Gasteiger charge is 2.34. The van der Waals surface area contributed by atoms with E-state index in [0.29, 0.717) is 19.5 Å². The summed E-state index contributed by atoms with van der Waals surface area (Å²) in [6.45, 7) is 2.03. The predicted octanol–water partition coefficient (Wildman–Crippen LogP) is 0.192. The monoisotopic (exact) mass is 261 g/mol. The fourth-order valence-corrected chi connectivity index (χ4v) is 2.83. The van der Waals surface area contributed by atoms with Crippen LogP contribution < -0.4 is 15.1 Å². The molecule has 0 aliphatic carbocycles. The molecule has 2 aliphatic heterocycles. The molecule has 0 saturated carbocycles. The SMILES string of the molecule is CN1CCN(C(=O)C2CC(O)CN2)c2ccccc21. The van der Waals surface area contributed by atoms with Gasteiger partial charge in [-0.3, -0.25) is 4.79 Å². The van der Waals surface area contributed by atoms with E-state index in [1.807, 2.05) is 36.2 Å². The van der Waals surface area contributed by atoms with Crippen LogP contribution in [0.2, 0.25) is 0 Å². The first-order valence-corrected chi connectivity index (χ1v) is 6.70. The number of hydrogen-bond acceptors (Lipinski definition) is 4. The molecule has 2 aliphatic rings. The molecule has 1 saturated heterocycles. The first-order chi connectivity index (χ1) is 9.16. The molecule has 5 nitrogen and oxygen atoms in total. The van der Waals surface area contributed by atoms with Gasteiger partial charge in [-0.25, -0.2) is 0 Å². The number of fused-ring (bicyclic) bond motifs is 1. The number of β-amino-alcohol motifs (C(OH)–C–C–N with tert-alkyl or cyclic N) is 1. The molecule has 102 valence electrons. The second-order valence-corrected chi connectivity index (χ2v) is 5.25. The third-order valence-corrected chi connectivity index (χ3v) is 3.91. The van der Waals surface area contributed by atoms with Crippen LogP contribution in [-0.4, -0.2) is 49.8 Å². The minimum atomic E-state index is -0.406. The van der Waals surface area contributed by atoms with Gasteiger partial charge in [0, 0.05) is 26.7 Å². The van der Waals surface area contributed by atoms with Crippen LogP contribution in [0.5, 0.6) is 0 Å². The standard InChI is InChI=1S/C14H19N3O2/c1-16-6-7-17(13-5-3-2-4-12(13)16)14(19)11-8-10(18)9-15-11/h2-5,10-11,15,18H,6-9H2,1H3. The van der Waals surface area contributed by atoms with E-state index >= 15 is 0 Å². The summed E-state index contributed by atoms with van der Waals surface area (Å²) in [5.74, 6) is 0.0668. The van der Waals surface area contributed by atoms with Crippen molar-refractivity contribution in [3.8, 4) is 0 Å². The van der Waals surface area contributed by atoms with Gasteiger partial charge >= 0.3 is 0 Å². The highest BCUT2D eigenvalue weighted by Crippen LogP contribution is 2.32. The van der Waals surface area contributed by atoms with Crippen LogP contribution in [0.3, 0.4) is 0 Å². The molecule has 0 radical (unpaired) electrons. The second kappa shape index (κ2) is 4.83. The van der Waals surface area contributed by atoms with Crippen molar-refractivity contribution in [2.75, 3.05) is 36.5 Å². The Labute approximate surface area is 112 Å². The number of benzene rings is 1. The lowest BCUT2D eigenvalue weighted by molar-refractivity contribution is -0.120. The van der Waals surface area contributed by atoms with E-state index in [0.717, 1.165) is 17.9 Å². The molecule has 2 heterocycles. The van der Waals surface area contributed by atoms with Gasteiger partial charge in [-0.1, -0.05) is 12.1 Å². The van der Waals surface area contributed by atoms with Gasteiger partial charge in [-0.2, -0.15) is 0 Å². The number of nitrogens with zero attached hydrogens (tertiary/aromatic N) is 2. The number of para-hydroxylation sites is 2. The molecule has 19 heavy (non-hydrogen) atoms. The third kappa shape index (κ3) is 2.19. The summed E-state index contributed by atoms with van der Waals surface area (Å²) in [6.07, 6.45) is 0.101. The Bertz CT molecular complexity index is 491. The molecule has 0 bridgehead atoms. The van der Waals surface area contributed by atoms with Crippen molar-refractivity contribution < 1.29 is 9.90 Å². The number of carbonyl (C=O) groups excluding carboxylic acids is 1. The maximum atomic E-state index is 12.5. The quantitative estimate of drug-likeness (QED) is 0.758. The summed E-state index contributed by atoms with van der Waals surface area (Å²) in [7, 11) is 2.04. The van der Waals surface area contributed by atoms with Crippen LogP contribution >= 0.6 is 0 Å². The van der Waals surface area contributed by atoms with Gasteiger partial charge in [0.05, 0.1) is 23.5 Å². The van der Waals surface area contributed by atoms with E-state index in [2.05, 4.69) is 10.2 Å². The summed E-state index contributed by atoms with van der Waals surface area (Å²) in [5.41, 5.74) is 2.05. The van der Waals surface area contributed by atoms with Crippen LogP contribution in [-0.2, 0) is 4.79 Å². The zero-order valence-electron chi connectivity index (χ0n) is 11.0. The smallest absolute Gasteiger partial charge is 0.244 e. The number of carbonyl (C=O) groups is 1. The molecular formula is C14H19N3O2. The van der Waals surface area contributed by atoms with Crippen molar-refractivity contribution in [1.29, 1.82) is 0 Å². The van der Waals surface area contributed by atoms with Gasteiger partial charge < -0.3 is 20.2 Å². The van der Waals surface area contributed by atoms with Crippen LogP contribution in [0.4, 0.5) is 11.4 Å². The van der Waals surface area contributed by atoms with Gasteiger partial charge in [-0.05, 0) is 18.6 Å². The number of aliphatic hydroxyl groups excluding tert-OH is 1. The highest BCUT2D eigenvalue weighted by molar-refractivity contribution is 6.01. The molecule has 3 rings (SSSR count). The first-order valence-electron chi connectivity index (χ1n) is 6.70. The van der Waals surface area contributed by atoms with Gasteiger partial charge in [0.15, 0.2) is 0 Å². The lowest BCUT2D eigenvalue weighted by Gasteiger charge is -2.36. The number of rotatable bonds is 1. The number of likely N-dealkylation sites (N-methyl/N-ethyl adjacent to an activating group) is 1. The van der Waals surface area contributed by atoms with Gasteiger partial charge in [0.2, 0.25) is 5.91 Å². The number of hydrogen-bond donors (Lipinski definition) is 2. The lowest BCUT2D eigenvalue weighted by Crippen LogP contribution is -2.49. The molecule has 2 atom stereocenters. The summed E-state index contributed by atoms with van der Waals surface area (Å²) in [4.78, 5) is 16.6. The Morgan fingerprint density at radius 1 is 1.32 bits per heavy atom. The van der Waals surface area contributed by atoms with E-state index in [9.17, 15) is 9.90 Å². The Balaban J connectivity index is 1.86. The van der Waals surface area contributed by atoms with E-state index in [1.165, 1.54) is 0 Å². The molecule has 1 amide bonds. The molecule has 5 heteroatoms. The molecule has 1 aromatic rings. The Morgan fingerprint density at radius 3 is 2.74 bits per heavy atom. The second-order valence-electron chi connectivity index (χ2n) is 5.25. The number of aliphatic hydroxyl groups is 1. The zero-order chi connectivity index (χ0) is 13.4. The fraction of sp³-hybridized carbons (Fsp3) is 0.500. The maximum absolute atomic E-state index is 12.5. The average molecular weight is 261 g/mol. The van der Waals surface area contributed by atoms with Crippen molar-refractivity contribution in [2.45, 2.75) is 18.6 Å². The first kappa shape index (κ1) is 12.4. The molecule has 0 spiro atoms. The fourth-order valence-electron chi connectivity index (χ4n) is 2.83. The van der Waals surface area contributed by atoms with Crippen LogP contribution in [0.25, 0.3) is 0 Å². The largest absolute Gasteiger partial charge is 0.392 e. The summed E-state index contributed by atoms with van der Waals surface area (Å²) in [5, 5.41) is 12.6. The highest BCUT2D eigenvalue weighted by atomic mass is 16.3. The van der Waals surface area contributed by atoms with E-state index in [1.54, 1.807) is 0 Å². The van der Waals surface area contributed by atoms with Crippen LogP contribution in [0.15, 0.2) is 24.3 Å². The average Bonchev–Trinajstić information content (AvgIpc) is 2.86. The minimum absolute atomic E-state index is 0.0668. The summed E-state index contributed by atoms with van der Waals surface area (Å²) >= 11 is 0. The predicted molar refractivity (Wildman–Crippen MR) is 74.5 cm³/mol. The minimum Gasteiger partial charge on any atom is -0.392 e. The molecular weight excluding hydrogens is 242 g/mol. The number of nitrogens with one attached hydrogen (secondary N) is 1. The number of anilines is 2. The number of amides is 1. The van der Waals surface area contributed by atoms with Gasteiger partial charge in [-0.15, -0.1) is 0 Å². The van der Waals surface area contributed by atoms with Crippen molar-refractivity contribution in [1.82, 2.24) is 5.32 Å². The zero-order valence-corrected chi connectivity index (χ0v) is 11.0. The van der Waals surface area contributed by atoms with Crippen molar-refractivity contribution in [3.63, 3.8) is 0 Å². The van der Waals surface area contributed by atoms with Gasteiger partial charge in [0.25, 0.3) is 0 Å². The van der Waals surface area contributed by atoms with Crippen LogP contribution in [0, 0.1) is 0 Å². The van der Waals surface area contributed by atoms with Crippen molar-refractivity contribution >= 4 is 17.3 Å². The molecule has 0 aromatic heterocycles. The maximum Gasteiger partial charge on any atom is 0.244 e.